The van der Waals surface area contributed by atoms with Gasteiger partial charge in [-0.15, -0.1) is 0 Å². The quantitative estimate of drug-likeness (QED) is 0.706. The number of methoxy groups -OCH3 is 1. The molecule has 3 N–H and O–H groups in total. The molecule has 0 fully saturated rings. The number of nitrogens with two attached hydrogens (primary N) is 1. The summed E-state index contributed by atoms with van der Waals surface area (Å²) >= 11 is 0. The number of benzene rings is 1. The lowest BCUT2D eigenvalue weighted by Gasteiger charge is -2.18. The van der Waals surface area contributed by atoms with Crippen LogP contribution < -0.4 is 10.5 Å². The normalized spacial score (nSPS) is 12.9. The second-order valence-electron chi connectivity index (χ2n) is 5.12. The Balaban J connectivity index is 3.10. The first-order chi connectivity index (χ1) is 10.4. The van der Waals surface area contributed by atoms with Crippen LogP contribution in [0.15, 0.2) is 23.1 Å². The molecule has 0 saturated heterocycles. The molecule has 0 saturated carbocycles. The highest BCUT2D eigenvalue weighted by atomic mass is 32.2. The summed E-state index contributed by atoms with van der Waals surface area (Å²) in [5.41, 5.74) is 6.24. The smallest absolute Gasteiger partial charge is 0.338 e. The number of unbranched alkanes of at least 4 members (excludes halogenated alkanes) is 1. The Morgan fingerprint density at radius 3 is 2.64 bits per heavy atom. The van der Waals surface area contributed by atoms with Crippen molar-refractivity contribution in [2.24, 2.45) is 5.73 Å². The van der Waals surface area contributed by atoms with E-state index in [1.165, 1.54) is 25.3 Å². The summed E-state index contributed by atoms with van der Waals surface area (Å²) in [7, 11) is -2.47. The molecule has 1 aromatic carbocycles. The number of carbonyl (C=O) groups is 1. The molecule has 1 rings (SSSR count). The van der Waals surface area contributed by atoms with Gasteiger partial charge in [0.25, 0.3) is 0 Å². The average Bonchev–Trinajstić information content (AvgIpc) is 2.50. The van der Waals surface area contributed by atoms with Crippen molar-refractivity contribution in [3.63, 3.8) is 0 Å². The summed E-state index contributed by atoms with van der Waals surface area (Å²) in [4.78, 5) is 11.8. The minimum atomic E-state index is -3.73. The predicted molar refractivity (Wildman–Crippen MR) is 85.2 cm³/mol. The number of rotatable bonds is 8. The van der Waals surface area contributed by atoms with Crippen molar-refractivity contribution in [2.45, 2.75) is 44.0 Å². The second-order valence-corrected chi connectivity index (χ2v) is 6.80. The number of carbonyl (C=O) groups excluding carboxylic acids is 1. The van der Waals surface area contributed by atoms with Crippen LogP contribution in [-0.2, 0) is 14.8 Å². The van der Waals surface area contributed by atoms with Gasteiger partial charge in [0.1, 0.15) is 0 Å². The largest absolute Gasteiger partial charge is 0.465 e. The van der Waals surface area contributed by atoms with Gasteiger partial charge < -0.3 is 10.5 Å². The molecule has 124 valence electrons. The van der Waals surface area contributed by atoms with Crippen molar-refractivity contribution < 1.29 is 17.9 Å². The zero-order valence-corrected chi connectivity index (χ0v) is 14.1. The number of nitrogens with one attached hydrogen (secondary N) is 1. The lowest BCUT2D eigenvalue weighted by atomic mass is 10.1. The van der Waals surface area contributed by atoms with Crippen LogP contribution in [0.3, 0.4) is 0 Å². The van der Waals surface area contributed by atoms with Crippen LogP contribution in [0.4, 0.5) is 0 Å². The molecule has 0 aromatic heterocycles. The maximum Gasteiger partial charge on any atom is 0.338 e. The number of sulfonamides is 1. The Morgan fingerprint density at radius 1 is 1.41 bits per heavy atom. The molecule has 0 amide bonds. The van der Waals surface area contributed by atoms with Gasteiger partial charge in [-0.2, -0.15) is 0 Å². The molecule has 1 aromatic rings. The van der Waals surface area contributed by atoms with Crippen molar-refractivity contribution in [1.82, 2.24) is 4.72 Å². The maximum absolute atomic E-state index is 12.5. The van der Waals surface area contributed by atoms with E-state index in [0.29, 0.717) is 12.0 Å². The number of ether oxygens (including phenoxy) is 1. The number of hydrogen-bond acceptors (Lipinski definition) is 5. The summed E-state index contributed by atoms with van der Waals surface area (Å²) in [5, 5.41) is 0. The molecular formula is C15H24N2O4S. The van der Waals surface area contributed by atoms with E-state index in [1.807, 2.05) is 6.92 Å². The van der Waals surface area contributed by atoms with E-state index in [4.69, 9.17) is 5.73 Å². The molecule has 0 aliphatic rings. The van der Waals surface area contributed by atoms with Gasteiger partial charge in [-0.25, -0.2) is 17.9 Å². The molecule has 6 nitrogen and oxygen atoms in total. The highest BCUT2D eigenvalue weighted by Gasteiger charge is 2.23. The van der Waals surface area contributed by atoms with Crippen molar-refractivity contribution >= 4 is 16.0 Å². The van der Waals surface area contributed by atoms with Crippen LogP contribution >= 0.6 is 0 Å². The predicted octanol–water partition coefficient (Wildman–Crippen LogP) is 1.58. The SMILES string of the molecule is CCCCC(CN)NS(=O)(=O)c1cccc(C(=O)OC)c1C. The first-order valence-electron chi connectivity index (χ1n) is 7.27. The van der Waals surface area contributed by atoms with Gasteiger partial charge in [0.2, 0.25) is 10.0 Å². The highest BCUT2D eigenvalue weighted by molar-refractivity contribution is 7.89. The molecular weight excluding hydrogens is 304 g/mol. The fourth-order valence-electron chi connectivity index (χ4n) is 2.19. The van der Waals surface area contributed by atoms with E-state index in [9.17, 15) is 13.2 Å². The standard InChI is InChI=1S/C15H24N2O4S/c1-4-5-7-12(10-16)17-22(19,20)14-9-6-8-13(11(14)2)15(18)21-3/h6,8-9,12,17H,4-5,7,10,16H2,1-3H3. The van der Waals surface area contributed by atoms with Crippen LogP contribution in [0.25, 0.3) is 0 Å². The third-order valence-corrected chi connectivity index (χ3v) is 5.16. The first kappa shape index (κ1) is 18.6. The highest BCUT2D eigenvalue weighted by Crippen LogP contribution is 2.20. The Bertz CT molecular complexity index is 614. The summed E-state index contributed by atoms with van der Waals surface area (Å²) in [6.45, 7) is 3.85. The minimum Gasteiger partial charge on any atom is -0.465 e. The molecule has 0 aliphatic carbocycles. The van der Waals surface area contributed by atoms with Crippen LogP contribution in [0, 0.1) is 6.92 Å². The van der Waals surface area contributed by atoms with Gasteiger partial charge >= 0.3 is 5.97 Å². The zero-order chi connectivity index (χ0) is 16.8. The topological polar surface area (TPSA) is 98.5 Å². The van der Waals surface area contributed by atoms with Gasteiger partial charge in [-0.3, -0.25) is 0 Å². The van der Waals surface area contributed by atoms with E-state index in [-0.39, 0.29) is 23.0 Å². The van der Waals surface area contributed by atoms with Crippen LogP contribution in [-0.4, -0.2) is 34.1 Å². The third-order valence-electron chi connectivity index (χ3n) is 3.49. The Kier molecular flexibility index (Phi) is 6.99. The van der Waals surface area contributed by atoms with E-state index in [1.54, 1.807) is 6.92 Å². The van der Waals surface area contributed by atoms with Crippen molar-refractivity contribution in [3.8, 4) is 0 Å². The van der Waals surface area contributed by atoms with Gasteiger partial charge in [0.05, 0.1) is 17.6 Å². The van der Waals surface area contributed by atoms with Crippen LogP contribution in [0.1, 0.15) is 42.1 Å². The van der Waals surface area contributed by atoms with Crippen LogP contribution in [0.5, 0.6) is 0 Å². The Morgan fingerprint density at radius 2 is 2.09 bits per heavy atom. The summed E-state index contributed by atoms with van der Waals surface area (Å²) < 4.78 is 32.3. The van der Waals surface area contributed by atoms with E-state index in [2.05, 4.69) is 9.46 Å². The molecule has 22 heavy (non-hydrogen) atoms. The molecule has 0 aliphatic heterocycles. The van der Waals surface area contributed by atoms with E-state index >= 15 is 0 Å². The first-order valence-corrected chi connectivity index (χ1v) is 8.76. The summed E-state index contributed by atoms with van der Waals surface area (Å²) in [6, 6.07) is 4.22. The second kappa shape index (κ2) is 8.26. The van der Waals surface area contributed by atoms with Crippen LogP contribution in [0.2, 0.25) is 0 Å². The van der Waals surface area contributed by atoms with Gasteiger partial charge in [-0.05, 0) is 31.0 Å². The molecule has 7 heteroatoms. The molecule has 0 spiro atoms. The zero-order valence-electron chi connectivity index (χ0n) is 13.3. The van der Waals surface area contributed by atoms with Gasteiger partial charge in [0, 0.05) is 12.6 Å². The average molecular weight is 328 g/mol. The van der Waals surface area contributed by atoms with E-state index in [0.717, 1.165) is 12.8 Å². The molecule has 0 bridgehead atoms. The molecule has 0 radical (unpaired) electrons. The fraction of sp³-hybridized carbons (Fsp3) is 0.533. The molecule has 1 atom stereocenters. The summed E-state index contributed by atoms with van der Waals surface area (Å²) in [5.74, 6) is -0.559. The van der Waals surface area contributed by atoms with Gasteiger partial charge in [-0.1, -0.05) is 25.8 Å². The third kappa shape index (κ3) is 4.53. The fourth-order valence-corrected chi connectivity index (χ4v) is 3.75. The lowest BCUT2D eigenvalue weighted by Crippen LogP contribution is -2.40. The van der Waals surface area contributed by atoms with Gasteiger partial charge in [0.15, 0.2) is 0 Å². The molecule has 1 unspecified atom stereocenters. The monoisotopic (exact) mass is 328 g/mol. The van der Waals surface area contributed by atoms with E-state index < -0.39 is 16.0 Å². The lowest BCUT2D eigenvalue weighted by molar-refractivity contribution is 0.0599. The Labute approximate surface area is 132 Å². The number of hydrogen-bond donors (Lipinski definition) is 2. The van der Waals surface area contributed by atoms with Crippen molar-refractivity contribution in [3.05, 3.63) is 29.3 Å². The van der Waals surface area contributed by atoms with Crippen molar-refractivity contribution in [2.75, 3.05) is 13.7 Å². The van der Waals surface area contributed by atoms with Crippen molar-refractivity contribution in [1.29, 1.82) is 0 Å². The minimum absolute atomic E-state index is 0.0744. The Hall–Kier alpha value is -1.44. The number of esters is 1. The summed E-state index contributed by atoms with van der Waals surface area (Å²) in [6.07, 6.45) is 2.54. The molecule has 0 heterocycles. The maximum atomic E-state index is 12.5.